The van der Waals surface area contributed by atoms with Crippen LogP contribution >= 0.6 is 11.6 Å². The van der Waals surface area contributed by atoms with E-state index in [1.54, 1.807) is 0 Å². The number of hydrogen-bond acceptors (Lipinski definition) is 4. The van der Waals surface area contributed by atoms with Crippen molar-refractivity contribution in [2.45, 2.75) is 33.6 Å². The van der Waals surface area contributed by atoms with Crippen molar-refractivity contribution in [3.8, 4) is 11.6 Å². The number of nitrogens with one attached hydrogen (secondary N) is 1. The second kappa shape index (κ2) is 6.31. The Morgan fingerprint density at radius 1 is 1.19 bits per heavy atom. The first-order valence-electron chi connectivity index (χ1n) is 6.92. The predicted octanol–water partition coefficient (Wildman–Crippen LogP) is 4.70. The molecule has 0 fully saturated rings. The number of benzene rings is 1. The smallest absolute Gasteiger partial charge is 0.227 e. The summed E-state index contributed by atoms with van der Waals surface area (Å²) >= 11 is 6.04. The highest BCUT2D eigenvalue weighted by molar-refractivity contribution is 6.31. The first-order valence-corrected chi connectivity index (χ1v) is 7.30. The maximum Gasteiger partial charge on any atom is 0.227 e. The lowest BCUT2D eigenvalue weighted by Gasteiger charge is -2.14. The van der Waals surface area contributed by atoms with Gasteiger partial charge in [-0.1, -0.05) is 25.4 Å². The molecule has 2 aromatic rings. The highest BCUT2D eigenvalue weighted by Gasteiger charge is 2.14. The molecule has 4 nitrogen and oxygen atoms in total. The van der Waals surface area contributed by atoms with E-state index in [2.05, 4.69) is 29.1 Å². The molecule has 0 radical (unpaired) electrons. The van der Waals surface area contributed by atoms with Crippen molar-refractivity contribution in [3.63, 3.8) is 0 Å². The van der Waals surface area contributed by atoms with Gasteiger partial charge in [-0.3, -0.25) is 0 Å². The molecule has 0 spiro atoms. The standard InChI is InChI=1S/C16H20ClN3O/c1-9(2)14-19-15(18-5)11(4)16(20-14)21-12-6-7-13(17)10(3)8-12/h6-9H,1-5H3,(H,18,19,20). The Morgan fingerprint density at radius 3 is 2.48 bits per heavy atom. The molecular weight excluding hydrogens is 286 g/mol. The van der Waals surface area contributed by atoms with E-state index in [1.165, 1.54) is 0 Å². The molecule has 0 saturated carbocycles. The lowest BCUT2D eigenvalue weighted by atomic mass is 10.2. The monoisotopic (exact) mass is 305 g/mol. The van der Waals surface area contributed by atoms with Gasteiger partial charge in [-0.15, -0.1) is 0 Å². The van der Waals surface area contributed by atoms with Gasteiger partial charge in [0.05, 0.1) is 5.56 Å². The van der Waals surface area contributed by atoms with Gasteiger partial charge in [0, 0.05) is 18.0 Å². The fraction of sp³-hybridized carbons (Fsp3) is 0.375. The van der Waals surface area contributed by atoms with E-state index in [0.717, 1.165) is 33.5 Å². The molecule has 1 aromatic carbocycles. The molecule has 1 N–H and O–H groups in total. The zero-order chi connectivity index (χ0) is 15.6. The maximum absolute atomic E-state index is 6.04. The van der Waals surface area contributed by atoms with Crippen LogP contribution in [0.3, 0.4) is 0 Å². The largest absolute Gasteiger partial charge is 0.439 e. The number of aryl methyl sites for hydroxylation is 1. The summed E-state index contributed by atoms with van der Waals surface area (Å²) in [4.78, 5) is 9.02. The molecular formula is C16H20ClN3O. The molecule has 0 atom stereocenters. The first kappa shape index (κ1) is 15.6. The number of hydrogen-bond donors (Lipinski definition) is 1. The van der Waals surface area contributed by atoms with Gasteiger partial charge in [0.25, 0.3) is 0 Å². The maximum atomic E-state index is 6.04. The van der Waals surface area contributed by atoms with Gasteiger partial charge in [0.15, 0.2) is 0 Å². The first-order chi connectivity index (χ1) is 9.92. The van der Waals surface area contributed by atoms with E-state index in [1.807, 2.05) is 39.1 Å². The number of ether oxygens (including phenoxy) is 1. The van der Waals surface area contributed by atoms with E-state index < -0.39 is 0 Å². The number of nitrogens with zero attached hydrogens (tertiary/aromatic N) is 2. The van der Waals surface area contributed by atoms with Crippen LogP contribution in [0.25, 0.3) is 0 Å². The third-order valence-electron chi connectivity index (χ3n) is 3.22. The predicted molar refractivity (Wildman–Crippen MR) is 86.7 cm³/mol. The SMILES string of the molecule is CNc1nc(C(C)C)nc(Oc2ccc(Cl)c(C)c2)c1C. The molecule has 1 aromatic heterocycles. The Labute approximate surface area is 130 Å². The van der Waals surface area contributed by atoms with Gasteiger partial charge < -0.3 is 10.1 Å². The Balaban J connectivity index is 2.42. The van der Waals surface area contributed by atoms with Crippen LogP contribution in [0.1, 0.15) is 36.7 Å². The second-order valence-electron chi connectivity index (χ2n) is 5.28. The summed E-state index contributed by atoms with van der Waals surface area (Å²) < 4.78 is 5.93. The fourth-order valence-electron chi connectivity index (χ4n) is 1.91. The van der Waals surface area contributed by atoms with Crippen molar-refractivity contribution < 1.29 is 4.74 Å². The molecule has 0 saturated heterocycles. The topological polar surface area (TPSA) is 47.0 Å². The van der Waals surface area contributed by atoms with Crippen LogP contribution in [-0.2, 0) is 0 Å². The summed E-state index contributed by atoms with van der Waals surface area (Å²) in [5.74, 6) is 3.06. The van der Waals surface area contributed by atoms with Crippen molar-refractivity contribution >= 4 is 17.4 Å². The molecule has 112 valence electrons. The van der Waals surface area contributed by atoms with Gasteiger partial charge in [-0.25, -0.2) is 4.98 Å². The van der Waals surface area contributed by atoms with Gasteiger partial charge >= 0.3 is 0 Å². The highest BCUT2D eigenvalue weighted by atomic mass is 35.5. The molecule has 21 heavy (non-hydrogen) atoms. The summed E-state index contributed by atoms with van der Waals surface area (Å²) in [5.41, 5.74) is 1.85. The minimum atomic E-state index is 0.229. The summed E-state index contributed by atoms with van der Waals surface area (Å²) in [6.45, 7) is 8.00. The van der Waals surface area contributed by atoms with Gasteiger partial charge in [-0.2, -0.15) is 4.98 Å². The zero-order valence-electron chi connectivity index (χ0n) is 13.0. The van der Waals surface area contributed by atoms with Crippen LogP contribution in [0.5, 0.6) is 11.6 Å². The Kier molecular flexibility index (Phi) is 4.68. The zero-order valence-corrected chi connectivity index (χ0v) is 13.7. The molecule has 0 aliphatic heterocycles. The van der Waals surface area contributed by atoms with Crippen LogP contribution in [0.4, 0.5) is 5.82 Å². The van der Waals surface area contributed by atoms with Crippen LogP contribution in [-0.4, -0.2) is 17.0 Å². The average molecular weight is 306 g/mol. The summed E-state index contributed by atoms with van der Waals surface area (Å²) in [5, 5.41) is 3.81. The van der Waals surface area contributed by atoms with Crippen molar-refractivity contribution in [2.75, 3.05) is 12.4 Å². The number of halogens is 1. The third-order valence-corrected chi connectivity index (χ3v) is 3.64. The molecule has 5 heteroatoms. The summed E-state index contributed by atoms with van der Waals surface area (Å²) in [6, 6.07) is 5.56. The molecule has 0 amide bonds. The lowest BCUT2D eigenvalue weighted by Crippen LogP contribution is -2.06. The third kappa shape index (κ3) is 3.45. The average Bonchev–Trinajstić information content (AvgIpc) is 2.44. The molecule has 0 unspecified atom stereocenters. The fourth-order valence-corrected chi connectivity index (χ4v) is 2.02. The van der Waals surface area contributed by atoms with Crippen LogP contribution in [0.2, 0.25) is 5.02 Å². The number of anilines is 1. The highest BCUT2D eigenvalue weighted by Crippen LogP contribution is 2.30. The molecule has 0 bridgehead atoms. The molecule has 2 rings (SSSR count). The Morgan fingerprint density at radius 2 is 1.90 bits per heavy atom. The van der Waals surface area contributed by atoms with Crippen LogP contribution in [0.15, 0.2) is 18.2 Å². The van der Waals surface area contributed by atoms with Gasteiger partial charge in [0.2, 0.25) is 5.88 Å². The van der Waals surface area contributed by atoms with E-state index in [4.69, 9.17) is 16.3 Å². The normalized spacial score (nSPS) is 10.8. The molecule has 0 aliphatic carbocycles. The minimum absolute atomic E-state index is 0.229. The lowest BCUT2D eigenvalue weighted by molar-refractivity contribution is 0.453. The van der Waals surface area contributed by atoms with Crippen molar-refractivity contribution in [1.82, 2.24) is 9.97 Å². The quantitative estimate of drug-likeness (QED) is 0.889. The van der Waals surface area contributed by atoms with E-state index >= 15 is 0 Å². The van der Waals surface area contributed by atoms with E-state index in [9.17, 15) is 0 Å². The van der Waals surface area contributed by atoms with Crippen LogP contribution in [0, 0.1) is 13.8 Å². The van der Waals surface area contributed by atoms with E-state index in [-0.39, 0.29) is 5.92 Å². The van der Waals surface area contributed by atoms with Crippen molar-refractivity contribution in [1.29, 1.82) is 0 Å². The number of aromatic nitrogens is 2. The Bertz CT molecular complexity index is 656. The molecule has 1 heterocycles. The summed E-state index contributed by atoms with van der Waals surface area (Å²) in [7, 11) is 1.84. The molecule has 0 aliphatic rings. The van der Waals surface area contributed by atoms with E-state index in [0.29, 0.717) is 5.88 Å². The number of rotatable bonds is 4. The summed E-state index contributed by atoms with van der Waals surface area (Å²) in [6.07, 6.45) is 0. The minimum Gasteiger partial charge on any atom is -0.439 e. The van der Waals surface area contributed by atoms with Gasteiger partial charge in [-0.05, 0) is 37.6 Å². The second-order valence-corrected chi connectivity index (χ2v) is 5.69. The van der Waals surface area contributed by atoms with Crippen molar-refractivity contribution in [3.05, 3.63) is 40.2 Å². The van der Waals surface area contributed by atoms with Crippen molar-refractivity contribution in [2.24, 2.45) is 0 Å². The Hall–Kier alpha value is -1.81. The van der Waals surface area contributed by atoms with Crippen LogP contribution < -0.4 is 10.1 Å². The van der Waals surface area contributed by atoms with Gasteiger partial charge in [0.1, 0.15) is 17.4 Å².